The van der Waals surface area contributed by atoms with E-state index in [0.29, 0.717) is 6.54 Å². The minimum absolute atomic E-state index is 0.161. The quantitative estimate of drug-likeness (QED) is 0.702. The second-order valence-corrected chi connectivity index (χ2v) is 4.17. The molecule has 0 bridgehead atoms. The lowest BCUT2D eigenvalue weighted by molar-refractivity contribution is -0.115. The average Bonchev–Trinajstić information content (AvgIpc) is 2.35. The van der Waals surface area contributed by atoms with E-state index < -0.39 is 0 Å². The fourth-order valence-corrected chi connectivity index (χ4v) is 1.59. The first-order valence-corrected chi connectivity index (χ1v) is 6.15. The van der Waals surface area contributed by atoms with Gasteiger partial charge in [-0.2, -0.15) is 0 Å². The van der Waals surface area contributed by atoms with Crippen LogP contribution in [0.1, 0.15) is 25.0 Å². The lowest BCUT2D eigenvalue weighted by atomic mass is 10.1. The van der Waals surface area contributed by atoms with E-state index in [9.17, 15) is 4.79 Å². The van der Waals surface area contributed by atoms with Crippen LogP contribution in [0.15, 0.2) is 30.3 Å². The summed E-state index contributed by atoms with van der Waals surface area (Å²) in [5.41, 5.74) is 2.31. The maximum absolute atomic E-state index is 11.7. The molecule has 0 aliphatic rings. The Hall–Kier alpha value is -1.41. The maximum atomic E-state index is 11.7. The summed E-state index contributed by atoms with van der Waals surface area (Å²) in [5, 5.41) is 0. The molecule has 1 aromatic carbocycles. The lowest BCUT2D eigenvalue weighted by Crippen LogP contribution is -2.28. The number of benzene rings is 1. The van der Waals surface area contributed by atoms with Gasteiger partial charge in [0.2, 0.25) is 0 Å². The van der Waals surface area contributed by atoms with Gasteiger partial charge >= 0.3 is 0 Å². The van der Waals surface area contributed by atoms with Crippen molar-refractivity contribution >= 4 is 11.9 Å². The molecule has 1 aromatic rings. The Morgan fingerprint density at radius 1 is 1.18 bits per heavy atom. The highest BCUT2D eigenvalue weighted by Crippen LogP contribution is 2.05. The zero-order valence-electron chi connectivity index (χ0n) is 10.9. The molecule has 0 aromatic heterocycles. The van der Waals surface area contributed by atoms with Crippen molar-refractivity contribution in [1.82, 2.24) is 4.90 Å². The summed E-state index contributed by atoms with van der Waals surface area (Å²) in [4.78, 5) is 13.8. The summed E-state index contributed by atoms with van der Waals surface area (Å²) in [7, 11) is 0. The zero-order chi connectivity index (χ0) is 12.7. The minimum Gasteiger partial charge on any atom is -0.296 e. The summed E-state index contributed by atoms with van der Waals surface area (Å²) >= 11 is 0. The third kappa shape index (κ3) is 4.96. The van der Waals surface area contributed by atoms with E-state index >= 15 is 0 Å². The molecule has 0 N–H and O–H groups in total. The first-order valence-electron chi connectivity index (χ1n) is 6.15. The third-order valence-electron chi connectivity index (χ3n) is 2.81. The molecular formula is C15H21NO. The molecule has 0 heterocycles. The second-order valence-electron chi connectivity index (χ2n) is 4.17. The van der Waals surface area contributed by atoms with Crippen LogP contribution in [0.5, 0.6) is 0 Å². The van der Waals surface area contributed by atoms with E-state index in [4.69, 9.17) is 0 Å². The first-order chi connectivity index (χ1) is 8.15. The highest BCUT2D eigenvalue weighted by atomic mass is 16.1. The van der Waals surface area contributed by atoms with Gasteiger partial charge in [-0.1, -0.05) is 49.8 Å². The van der Waals surface area contributed by atoms with Crippen LogP contribution >= 0.6 is 0 Å². The molecule has 0 unspecified atom stereocenters. The van der Waals surface area contributed by atoms with Gasteiger partial charge in [0.25, 0.3) is 0 Å². The smallest absolute Gasteiger partial charge is 0.169 e. The van der Waals surface area contributed by atoms with Crippen molar-refractivity contribution in [2.75, 3.05) is 19.6 Å². The molecule has 1 rings (SSSR count). The van der Waals surface area contributed by atoms with Crippen molar-refractivity contribution in [3.05, 3.63) is 41.5 Å². The number of carbonyl (C=O) groups excluding carboxylic acids is 1. The van der Waals surface area contributed by atoms with Crippen LogP contribution in [-0.2, 0) is 4.79 Å². The predicted octanol–water partition coefficient (Wildman–Crippen LogP) is 2.92. The van der Waals surface area contributed by atoms with Crippen molar-refractivity contribution in [3.63, 3.8) is 0 Å². The minimum atomic E-state index is 0.161. The molecular weight excluding hydrogens is 210 g/mol. The molecule has 0 radical (unpaired) electrons. The summed E-state index contributed by atoms with van der Waals surface area (Å²) in [5.74, 6) is 0.161. The number of carbonyl (C=O) groups is 1. The van der Waals surface area contributed by atoms with E-state index in [1.807, 2.05) is 18.2 Å². The molecule has 0 spiro atoms. The van der Waals surface area contributed by atoms with Gasteiger partial charge in [0.1, 0.15) is 0 Å². The van der Waals surface area contributed by atoms with Gasteiger partial charge in [0, 0.05) is 0 Å². The van der Waals surface area contributed by atoms with Crippen LogP contribution in [0.4, 0.5) is 0 Å². The Labute approximate surface area is 104 Å². The summed E-state index contributed by atoms with van der Waals surface area (Å²) in [6, 6.07) is 8.15. The van der Waals surface area contributed by atoms with Crippen molar-refractivity contribution in [2.45, 2.75) is 20.8 Å². The van der Waals surface area contributed by atoms with E-state index in [1.165, 1.54) is 5.56 Å². The van der Waals surface area contributed by atoms with Gasteiger partial charge in [-0.05, 0) is 31.7 Å². The molecule has 0 aliphatic carbocycles. The van der Waals surface area contributed by atoms with Gasteiger partial charge in [-0.3, -0.25) is 9.69 Å². The number of nitrogens with zero attached hydrogens (tertiary/aromatic N) is 1. The standard InChI is InChI=1S/C15H21NO/c1-4-16(5-2)12-15(17)11-10-14-8-6-13(3)7-9-14/h6-11H,4-5,12H2,1-3H3/b11-10+. The number of aryl methyl sites for hydroxylation is 1. The van der Waals surface area contributed by atoms with Crippen LogP contribution in [0.25, 0.3) is 6.08 Å². The Balaban J connectivity index is 2.53. The van der Waals surface area contributed by atoms with Crippen molar-refractivity contribution in [1.29, 1.82) is 0 Å². The van der Waals surface area contributed by atoms with Crippen molar-refractivity contribution in [2.24, 2.45) is 0 Å². The van der Waals surface area contributed by atoms with E-state index in [1.54, 1.807) is 6.08 Å². The maximum Gasteiger partial charge on any atom is 0.169 e. The number of hydrogen-bond acceptors (Lipinski definition) is 2. The number of rotatable bonds is 6. The van der Waals surface area contributed by atoms with E-state index in [-0.39, 0.29) is 5.78 Å². The molecule has 0 aliphatic heterocycles. The highest BCUT2D eigenvalue weighted by molar-refractivity contribution is 5.95. The molecule has 2 heteroatoms. The Bertz CT molecular complexity index is 374. The van der Waals surface area contributed by atoms with Crippen molar-refractivity contribution < 1.29 is 4.79 Å². The molecule has 0 fully saturated rings. The molecule has 0 atom stereocenters. The molecule has 0 saturated heterocycles. The number of ketones is 1. The Morgan fingerprint density at radius 2 is 1.76 bits per heavy atom. The first kappa shape index (κ1) is 13.7. The number of likely N-dealkylation sites (N-methyl/N-ethyl adjacent to an activating group) is 1. The Kier molecular flexibility index (Phi) is 5.64. The van der Waals surface area contributed by atoms with Gasteiger partial charge < -0.3 is 0 Å². The lowest BCUT2D eigenvalue weighted by Gasteiger charge is -2.15. The Morgan fingerprint density at radius 3 is 2.29 bits per heavy atom. The van der Waals surface area contributed by atoms with Gasteiger partial charge in [0.05, 0.1) is 6.54 Å². The summed E-state index contributed by atoms with van der Waals surface area (Å²) in [6.07, 6.45) is 3.55. The molecule has 92 valence electrons. The summed E-state index contributed by atoms with van der Waals surface area (Å²) in [6.45, 7) is 8.54. The van der Waals surface area contributed by atoms with Gasteiger partial charge in [0.15, 0.2) is 5.78 Å². The normalized spacial score (nSPS) is 11.3. The SMILES string of the molecule is CCN(CC)CC(=O)/C=C/c1ccc(C)cc1. The van der Waals surface area contributed by atoms with Crippen LogP contribution in [0.2, 0.25) is 0 Å². The number of hydrogen-bond donors (Lipinski definition) is 0. The highest BCUT2D eigenvalue weighted by Gasteiger charge is 2.03. The van der Waals surface area contributed by atoms with Crippen LogP contribution in [0.3, 0.4) is 0 Å². The van der Waals surface area contributed by atoms with Gasteiger partial charge in [-0.15, -0.1) is 0 Å². The van der Waals surface area contributed by atoms with Crippen LogP contribution < -0.4 is 0 Å². The monoisotopic (exact) mass is 231 g/mol. The molecule has 2 nitrogen and oxygen atoms in total. The average molecular weight is 231 g/mol. The fraction of sp³-hybridized carbons (Fsp3) is 0.400. The largest absolute Gasteiger partial charge is 0.296 e. The van der Waals surface area contributed by atoms with E-state index in [2.05, 4.69) is 37.8 Å². The molecule has 0 amide bonds. The third-order valence-corrected chi connectivity index (χ3v) is 2.81. The van der Waals surface area contributed by atoms with E-state index in [0.717, 1.165) is 18.7 Å². The second kappa shape index (κ2) is 7.02. The molecule has 0 saturated carbocycles. The summed E-state index contributed by atoms with van der Waals surface area (Å²) < 4.78 is 0. The topological polar surface area (TPSA) is 20.3 Å². The predicted molar refractivity (Wildman–Crippen MR) is 73.0 cm³/mol. The van der Waals surface area contributed by atoms with Crippen LogP contribution in [-0.4, -0.2) is 30.3 Å². The fourth-order valence-electron chi connectivity index (χ4n) is 1.59. The van der Waals surface area contributed by atoms with Crippen LogP contribution in [0, 0.1) is 6.92 Å². The molecule has 17 heavy (non-hydrogen) atoms. The van der Waals surface area contributed by atoms with Gasteiger partial charge in [-0.25, -0.2) is 0 Å². The zero-order valence-corrected chi connectivity index (χ0v) is 10.9. The van der Waals surface area contributed by atoms with Crippen molar-refractivity contribution in [3.8, 4) is 0 Å².